The van der Waals surface area contributed by atoms with E-state index >= 15 is 0 Å². The number of fused-ring (bicyclic) bond motifs is 1. The smallest absolute Gasteiger partial charge is 0.302 e. The zero-order valence-corrected chi connectivity index (χ0v) is 8.36. The Morgan fingerprint density at radius 2 is 2.00 bits per heavy atom. The molecule has 0 saturated carbocycles. The van der Waals surface area contributed by atoms with Crippen molar-refractivity contribution in [2.24, 2.45) is 11.8 Å². The van der Waals surface area contributed by atoms with Crippen molar-refractivity contribution in [1.29, 1.82) is 0 Å². The van der Waals surface area contributed by atoms with Gasteiger partial charge in [-0.25, -0.2) is 0 Å². The maximum absolute atomic E-state index is 12.6. The van der Waals surface area contributed by atoms with Crippen LogP contribution in [0.15, 0.2) is 11.1 Å². The Bertz CT molecular complexity index is 280. The molecule has 80 valence electrons. The number of nitrogens with zero attached hydrogens (tertiary/aromatic N) is 1. The molecule has 0 amide bonds. The Balaban J connectivity index is 2.28. The first kappa shape index (κ1) is 10.0. The molecule has 0 aromatic heterocycles. The van der Waals surface area contributed by atoms with Crippen LogP contribution in [0.1, 0.15) is 13.3 Å². The van der Waals surface area contributed by atoms with Crippen molar-refractivity contribution in [3.8, 4) is 0 Å². The molecule has 0 spiro atoms. The molecule has 0 N–H and O–H groups in total. The lowest BCUT2D eigenvalue weighted by atomic mass is 9.99. The summed E-state index contributed by atoms with van der Waals surface area (Å²) in [6, 6.07) is 0. The van der Waals surface area contributed by atoms with Gasteiger partial charge in [0.1, 0.15) is 0 Å². The predicted octanol–water partition coefficient (Wildman–Crippen LogP) is 2.45. The van der Waals surface area contributed by atoms with Crippen LogP contribution in [0, 0.1) is 11.8 Å². The van der Waals surface area contributed by atoms with Crippen molar-refractivity contribution in [2.45, 2.75) is 19.5 Å². The summed E-state index contributed by atoms with van der Waals surface area (Å²) in [6.45, 7) is 3.13. The van der Waals surface area contributed by atoms with Crippen molar-refractivity contribution in [3.63, 3.8) is 0 Å². The molecular weight excluding hydrogens is 191 g/mol. The number of hydrogen-bond acceptors (Lipinski definition) is 1. The number of hydrogen-bond donors (Lipinski definition) is 0. The number of rotatable bonds is 0. The van der Waals surface area contributed by atoms with Crippen LogP contribution in [-0.2, 0) is 0 Å². The highest BCUT2D eigenvalue weighted by atomic mass is 19.4. The molecule has 1 nitrogen and oxygen atoms in total. The molecule has 2 bridgehead atoms. The molecule has 14 heavy (non-hydrogen) atoms. The van der Waals surface area contributed by atoms with E-state index in [1.54, 1.807) is 0 Å². The Kier molecular flexibility index (Phi) is 2.14. The minimum atomic E-state index is -4.05. The average Bonchev–Trinajstić information content (AvgIpc) is 2.29. The van der Waals surface area contributed by atoms with E-state index in [2.05, 4.69) is 0 Å². The van der Waals surface area contributed by atoms with Crippen LogP contribution in [0.3, 0.4) is 0 Å². The zero-order valence-electron chi connectivity index (χ0n) is 8.36. The number of alkyl halides is 3. The molecule has 0 aromatic rings. The monoisotopic (exact) mass is 205 g/mol. The highest BCUT2D eigenvalue weighted by Crippen LogP contribution is 2.47. The zero-order chi connectivity index (χ0) is 10.5. The molecule has 2 aliphatic rings. The van der Waals surface area contributed by atoms with Gasteiger partial charge in [0.2, 0.25) is 0 Å². The minimum absolute atomic E-state index is 0.135. The first-order valence-corrected chi connectivity index (χ1v) is 4.84. The fourth-order valence-electron chi connectivity index (χ4n) is 2.65. The molecule has 0 saturated heterocycles. The number of likely N-dealkylation sites (tertiary alicyclic amines) is 1. The molecule has 0 radical (unpaired) electrons. The molecule has 1 aliphatic carbocycles. The maximum atomic E-state index is 12.6. The Labute approximate surface area is 81.6 Å². The summed E-state index contributed by atoms with van der Waals surface area (Å²) in [6.07, 6.45) is -3.77. The van der Waals surface area contributed by atoms with Gasteiger partial charge >= 0.3 is 6.18 Å². The van der Waals surface area contributed by atoms with Crippen LogP contribution in [-0.4, -0.2) is 31.2 Å². The molecule has 1 aliphatic heterocycles. The van der Waals surface area contributed by atoms with Crippen LogP contribution >= 0.6 is 0 Å². The van der Waals surface area contributed by atoms with Gasteiger partial charge in [-0.3, -0.25) is 0 Å². The second kappa shape index (κ2) is 2.99. The second-order valence-corrected chi connectivity index (χ2v) is 4.43. The third-order valence-corrected chi connectivity index (χ3v) is 3.43. The number of likely N-dealkylation sites (N-methyl/N-ethyl adjacent to an activating group) is 1. The average molecular weight is 205 g/mol. The molecule has 1 heterocycles. The van der Waals surface area contributed by atoms with Crippen molar-refractivity contribution >= 4 is 0 Å². The maximum Gasteiger partial charge on any atom is 0.395 e. The molecule has 2 atom stereocenters. The summed E-state index contributed by atoms with van der Waals surface area (Å²) in [5.74, 6) is -1.03. The SMILES string of the molecule is CC1=C2CN(C)CC1CC2C(F)(F)F. The topological polar surface area (TPSA) is 3.24 Å². The van der Waals surface area contributed by atoms with Crippen LogP contribution in [0.2, 0.25) is 0 Å². The van der Waals surface area contributed by atoms with Crippen LogP contribution in [0.4, 0.5) is 13.2 Å². The third kappa shape index (κ3) is 1.45. The molecule has 0 fully saturated rings. The normalized spacial score (nSPS) is 34.1. The third-order valence-electron chi connectivity index (χ3n) is 3.43. The fraction of sp³-hybridized carbons (Fsp3) is 0.800. The summed E-state index contributed by atoms with van der Waals surface area (Å²) in [5, 5.41) is 0. The molecule has 4 heteroatoms. The first-order chi connectivity index (χ1) is 6.39. The Morgan fingerprint density at radius 3 is 2.57 bits per heavy atom. The lowest BCUT2D eigenvalue weighted by molar-refractivity contribution is -0.164. The summed E-state index contributed by atoms with van der Waals surface area (Å²) in [4.78, 5) is 1.98. The van der Waals surface area contributed by atoms with E-state index in [9.17, 15) is 13.2 Å². The van der Waals surface area contributed by atoms with Crippen molar-refractivity contribution in [3.05, 3.63) is 11.1 Å². The highest BCUT2D eigenvalue weighted by molar-refractivity contribution is 5.29. The summed E-state index contributed by atoms with van der Waals surface area (Å²) < 4.78 is 37.9. The van der Waals surface area contributed by atoms with E-state index < -0.39 is 12.1 Å². The van der Waals surface area contributed by atoms with E-state index in [4.69, 9.17) is 0 Å². The van der Waals surface area contributed by atoms with Crippen molar-refractivity contribution < 1.29 is 13.2 Å². The second-order valence-electron chi connectivity index (χ2n) is 4.43. The lowest BCUT2D eigenvalue weighted by Gasteiger charge is -2.26. The lowest BCUT2D eigenvalue weighted by Crippen LogP contribution is -2.31. The van der Waals surface area contributed by atoms with Gasteiger partial charge < -0.3 is 4.90 Å². The van der Waals surface area contributed by atoms with Crippen molar-refractivity contribution in [2.75, 3.05) is 20.1 Å². The minimum Gasteiger partial charge on any atom is -0.302 e. The van der Waals surface area contributed by atoms with Gasteiger partial charge in [0.15, 0.2) is 0 Å². The largest absolute Gasteiger partial charge is 0.395 e. The molecular formula is C10H14F3N. The van der Waals surface area contributed by atoms with Gasteiger partial charge in [-0.1, -0.05) is 5.57 Å². The quantitative estimate of drug-likeness (QED) is 0.549. The highest BCUT2D eigenvalue weighted by Gasteiger charge is 2.49. The van der Waals surface area contributed by atoms with E-state index in [1.165, 1.54) is 0 Å². The first-order valence-electron chi connectivity index (χ1n) is 4.84. The Hall–Kier alpha value is -0.510. The molecule has 2 unspecified atom stereocenters. The van der Waals surface area contributed by atoms with Gasteiger partial charge in [-0.15, -0.1) is 0 Å². The summed E-state index contributed by atoms with van der Waals surface area (Å²) in [5.41, 5.74) is 1.61. The fourth-order valence-corrected chi connectivity index (χ4v) is 2.65. The van der Waals surface area contributed by atoms with Gasteiger partial charge in [-0.05, 0) is 31.9 Å². The number of halogens is 3. The molecule has 2 rings (SSSR count). The van der Waals surface area contributed by atoms with Crippen LogP contribution in [0.25, 0.3) is 0 Å². The van der Waals surface area contributed by atoms with E-state index in [0.717, 1.165) is 12.1 Å². The van der Waals surface area contributed by atoms with E-state index in [0.29, 0.717) is 12.1 Å². The van der Waals surface area contributed by atoms with E-state index in [1.807, 2.05) is 18.9 Å². The standard InChI is InChI=1S/C10H14F3N/c1-6-7-3-9(10(11,12)13)8(6)5-14(2)4-7/h7,9H,3-5H2,1-2H3. The Morgan fingerprint density at radius 1 is 1.36 bits per heavy atom. The predicted molar refractivity (Wildman–Crippen MR) is 47.8 cm³/mol. The van der Waals surface area contributed by atoms with Crippen LogP contribution < -0.4 is 0 Å². The van der Waals surface area contributed by atoms with Gasteiger partial charge in [-0.2, -0.15) is 13.2 Å². The van der Waals surface area contributed by atoms with Gasteiger partial charge in [0, 0.05) is 13.1 Å². The molecule has 0 aromatic carbocycles. The van der Waals surface area contributed by atoms with Gasteiger partial charge in [0.25, 0.3) is 0 Å². The summed E-state index contributed by atoms with van der Waals surface area (Å²) >= 11 is 0. The van der Waals surface area contributed by atoms with Crippen LogP contribution in [0.5, 0.6) is 0 Å². The van der Waals surface area contributed by atoms with Gasteiger partial charge in [0.05, 0.1) is 5.92 Å². The summed E-state index contributed by atoms with van der Waals surface area (Å²) in [7, 11) is 1.89. The van der Waals surface area contributed by atoms with Crippen molar-refractivity contribution in [1.82, 2.24) is 4.90 Å². The van der Waals surface area contributed by atoms with E-state index in [-0.39, 0.29) is 12.3 Å².